The molecule has 0 radical (unpaired) electrons. The fourth-order valence-electron chi connectivity index (χ4n) is 2.29. The molecule has 0 aliphatic heterocycles. The third-order valence-electron chi connectivity index (χ3n) is 3.46. The summed E-state index contributed by atoms with van der Waals surface area (Å²) in [6, 6.07) is 10.8. The Labute approximate surface area is 114 Å². The highest BCUT2D eigenvalue weighted by Gasteiger charge is 2.16. The Balaban J connectivity index is 1.96. The smallest absolute Gasteiger partial charge is 0.0538 e. The van der Waals surface area contributed by atoms with Crippen LogP contribution in [-0.2, 0) is 13.5 Å². The minimum atomic E-state index is 0.234. The number of hydrogen-bond acceptors (Lipinski definition) is 3. The van der Waals surface area contributed by atoms with E-state index in [9.17, 15) is 0 Å². The van der Waals surface area contributed by atoms with E-state index in [2.05, 4.69) is 41.3 Å². The van der Waals surface area contributed by atoms with Gasteiger partial charge < -0.3 is 5.73 Å². The first-order valence-corrected chi connectivity index (χ1v) is 6.63. The van der Waals surface area contributed by atoms with Crippen LogP contribution in [0.25, 0.3) is 0 Å². The Morgan fingerprint density at radius 2 is 2.05 bits per heavy atom. The standard InChI is InChI=1S/C15H22N4/c1-18(9-8-13-6-4-3-5-7-13)15(10-16)14-11-17-19(2)12-14/h3-7,11-12,15H,8-10,16H2,1-2H3. The van der Waals surface area contributed by atoms with Crippen molar-refractivity contribution in [3.05, 3.63) is 53.9 Å². The van der Waals surface area contributed by atoms with E-state index in [1.54, 1.807) is 0 Å². The highest BCUT2D eigenvalue weighted by molar-refractivity contribution is 5.15. The van der Waals surface area contributed by atoms with Gasteiger partial charge in [-0.1, -0.05) is 30.3 Å². The average molecular weight is 258 g/mol. The highest BCUT2D eigenvalue weighted by atomic mass is 15.2. The van der Waals surface area contributed by atoms with Crippen LogP contribution in [-0.4, -0.2) is 34.8 Å². The fourth-order valence-corrected chi connectivity index (χ4v) is 2.29. The zero-order valence-electron chi connectivity index (χ0n) is 11.7. The molecule has 4 heteroatoms. The molecule has 1 atom stereocenters. The van der Waals surface area contributed by atoms with Gasteiger partial charge in [-0.15, -0.1) is 0 Å². The maximum absolute atomic E-state index is 5.91. The predicted octanol–water partition coefficient (Wildman–Crippen LogP) is 1.59. The molecule has 1 aromatic carbocycles. The fraction of sp³-hybridized carbons (Fsp3) is 0.400. The van der Waals surface area contributed by atoms with Gasteiger partial charge in [0.2, 0.25) is 0 Å². The molecule has 0 bridgehead atoms. The Kier molecular flexibility index (Phi) is 4.71. The largest absolute Gasteiger partial charge is 0.329 e. The molecule has 2 N–H and O–H groups in total. The van der Waals surface area contributed by atoms with Gasteiger partial charge in [0.1, 0.15) is 0 Å². The van der Waals surface area contributed by atoms with Crippen LogP contribution in [0.4, 0.5) is 0 Å². The molecular formula is C15H22N4. The van der Waals surface area contributed by atoms with Crippen LogP contribution < -0.4 is 5.73 Å². The lowest BCUT2D eigenvalue weighted by molar-refractivity contribution is 0.253. The van der Waals surface area contributed by atoms with Crippen molar-refractivity contribution in [1.82, 2.24) is 14.7 Å². The van der Waals surface area contributed by atoms with Gasteiger partial charge >= 0.3 is 0 Å². The van der Waals surface area contributed by atoms with E-state index in [0.717, 1.165) is 13.0 Å². The van der Waals surface area contributed by atoms with Crippen LogP contribution in [0.2, 0.25) is 0 Å². The average Bonchev–Trinajstić information content (AvgIpc) is 2.85. The predicted molar refractivity (Wildman–Crippen MR) is 77.8 cm³/mol. The molecule has 19 heavy (non-hydrogen) atoms. The SMILES string of the molecule is CN(CCc1ccccc1)C(CN)c1cnn(C)c1. The monoisotopic (exact) mass is 258 g/mol. The highest BCUT2D eigenvalue weighted by Crippen LogP contribution is 2.17. The van der Waals surface area contributed by atoms with Crippen molar-refractivity contribution in [2.24, 2.45) is 12.8 Å². The lowest BCUT2D eigenvalue weighted by Crippen LogP contribution is -2.31. The van der Waals surface area contributed by atoms with Gasteiger partial charge in [-0.05, 0) is 19.0 Å². The van der Waals surface area contributed by atoms with E-state index in [1.807, 2.05) is 30.2 Å². The summed E-state index contributed by atoms with van der Waals surface area (Å²) in [5.74, 6) is 0. The molecule has 102 valence electrons. The van der Waals surface area contributed by atoms with Gasteiger partial charge in [0.05, 0.1) is 6.20 Å². The van der Waals surface area contributed by atoms with Crippen LogP contribution >= 0.6 is 0 Å². The molecule has 1 heterocycles. The third-order valence-corrected chi connectivity index (χ3v) is 3.46. The van der Waals surface area contributed by atoms with Gasteiger partial charge in [0, 0.05) is 37.9 Å². The molecule has 0 saturated heterocycles. The number of aromatic nitrogens is 2. The summed E-state index contributed by atoms with van der Waals surface area (Å²) in [7, 11) is 4.05. The summed E-state index contributed by atoms with van der Waals surface area (Å²) in [5.41, 5.74) is 8.44. The Hall–Kier alpha value is -1.65. The lowest BCUT2D eigenvalue weighted by Gasteiger charge is -2.26. The first-order chi connectivity index (χ1) is 9.20. The Morgan fingerprint density at radius 3 is 2.63 bits per heavy atom. The van der Waals surface area contributed by atoms with E-state index < -0.39 is 0 Å². The van der Waals surface area contributed by atoms with Crippen molar-refractivity contribution in [3.8, 4) is 0 Å². The summed E-state index contributed by atoms with van der Waals surface area (Å²) in [4.78, 5) is 2.30. The zero-order chi connectivity index (χ0) is 13.7. The van der Waals surface area contributed by atoms with Gasteiger partial charge in [0.25, 0.3) is 0 Å². The van der Waals surface area contributed by atoms with Crippen molar-refractivity contribution in [1.29, 1.82) is 0 Å². The molecule has 0 spiro atoms. The molecule has 0 saturated carbocycles. The molecule has 0 fully saturated rings. The van der Waals surface area contributed by atoms with E-state index in [4.69, 9.17) is 5.73 Å². The molecule has 4 nitrogen and oxygen atoms in total. The third kappa shape index (κ3) is 3.66. The summed E-state index contributed by atoms with van der Waals surface area (Å²) in [6.07, 6.45) is 4.97. The molecule has 0 aliphatic rings. The summed E-state index contributed by atoms with van der Waals surface area (Å²) in [5, 5.41) is 4.22. The molecule has 1 aromatic heterocycles. The number of nitrogens with zero attached hydrogens (tertiary/aromatic N) is 3. The van der Waals surface area contributed by atoms with Crippen molar-refractivity contribution < 1.29 is 0 Å². The number of rotatable bonds is 6. The van der Waals surface area contributed by atoms with Crippen molar-refractivity contribution >= 4 is 0 Å². The van der Waals surface area contributed by atoms with Crippen molar-refractivity contribution in [3.63, 3.8) is 0 Å². The van der Waals surface area contributed by atoms with Gasteiger partial charge in [-0.25, -0.2) is 0 Å². The molecule has 2 aromatic rings. The van der Waals surface area contributed by atoms with Gasteiger partial charge in [0.15, 0.2) is 0 Å². The first kappa shape index (κ1) is 13.8. The Bertz CT molecular complexity index is 492. The van der Waals surface area contributed by atoms with Crippen LogP contribution in [0.1, 0.15) is 17.2 Å². The number of aryl methyl sites for hydroxylation is 1. The van der Waals surface area contributed by atoms with Gasteiger partial charge in [-0.3, -0.25) is 9.58 Å². The van der Waals surface area contributed by atoms with E-state index in [0.29, 0.717) is 6.54 Å². The number of hydrogen-bond donors (Lipinski definition) is 1. The normalized spacial score (nSPS) is 12.8. The van der Waals surface area contributed by atoms with Crippen molar-refractivity contribution in [2.45, 2.75) is 12.5 Å². The van der Waals surface area contributed by atoms with E-state index in [1.165, 1.54) is 11.1 Å². The van der Waals surface area contributed by atoms with Gasteiger partial charge in [-0.2, -0.15) is 5.10 Å². The second-order valence-electron chi connectivity index (χ2n) is 4.92. The minimum absolute atomic E-state index is 0.234. The number of nitrogens with two attached hydrogens (primary N) is 1. The summed E-state index contributed by atoms with van der Waals surface area (Å²) in [6.45, 7) is 1.59. The van der Waals surface area contributed by atoms with Crippen molar-refractivity contribution in [2.75, 3.05) is 20.1 Å². The molecule has 1 unspecified atom stereocenters. The topological polar surface area (TPSA) is 47.1 Å². The second kappa shape index (κ2) is 6.50. The summed E-state index contributed by atoms with van der Waals surface area (Å²) >= 11 is 0. The molecule has 0 aliphatic carbocycles. The van der Waals surface area contributed by atoms with E-state index >= 15 is 0 Å². The van der Waals surface area contributed by atoms with E-state index in [-0.39, 0.29) is 6.04 Å². The van der Waals surface area contributed by atoms with Crippen LogP contribution in [0.5, 0.6) is 0 Å². The molecular weight excluding hydrogens is 236 g/mol. The molecule has 0 amide bonds. The lowest BCUT2D eigenvalue weighted by atomic mass is 10.1. The molecule has 2 rings (SSSR count). The van der Waals surface area contributed by atoms with Crippen LogP contribution in [0, 0.1) is 0 Å². The maximum atomic E-state index is 5.91. The maximum Gasteiger partial charge on any atom is 0.0538 e. The minimum Gasteiger partial charge on any atom is -0.329 e. The Morgan fingerprint density at radius 1 is 1.32 bits per heavy atom. The quantitative estimate of drug-likeness (QED) is 0.856. The number of benzene rings is 1. The summed E-state index contributed by atoms with van der Waals surface area (Å²) < 4.78 is 1.82. The first-order valence-electron chi connectivity index (χ1n) is 6.63. The number of likely N-dealkylation sites (N-methyl/N-ethyl adjacent to an activating group) is 1. The van der Waals surface area contributed by atoms with Crippen LogP contribution in [0.15, 0.2) is 42.7 Å². The van der Waals surface area contributed by atoms with Crippen LogP contribution in [0.3, 0.4) is 0 Å². The zero-order valence-corrected chi connectivity index (χ0v) is 11.7. The second-order valence-corrected chi connectivity index (χ2v) is 4.92.